The highest BCUT2D eigenvalue weighted by molar-refractivity contribution is 5.74. The number of hydrogen-bond donors (Lipinski definition) is 1. The average molecular weight is 250 g/mol. The molecule has 0 aromatic carbocycles. The maximum absolute atomic E-state index is 11.7. The number of nitrogens with zero attached hydrogens (tertiary/aromatic N) is 2. The topological polar surface area (TPSA) is 79.7 Å². The average Bonchev–Trinajstić information content (AvgIpc) is 2.87. The Labute approximate surface area is 104 Å². The summed E-state index contributed by atoms with van der Waals surface area (Å²) in [6.07, 6.45) is 3.28. The van der Waals surface area contributed by atoms with Crippen LogP contribution in [0.2, 0.25) is 0 Å². The van der Waals surface area contributed by atoms with Gasteiger partial charge in [-0.25, -0.2) is 4.79 Å². The molecular formula is C12H14N2O4. The predicted octanol–water partition coefficient (Wildman–Crippen LogP) is 1.12. The molecule has 0 spiro atoms. The summed E-state index contributed by atoms with van der Waals surface area (Å²) in [7, 11) is 0. The smallest absolute Gasteiger partial charge is 0.410 e. The third-order valence-corrected chi connectivity index (χ3v) is 2.88. The molecule has 0 aliphatic carbocycles. The number of ether oxygens (including phenoxy) is 1. The van der Waals surface area contributed by atoms with Crippen molar-refractivity contribution < 1.29 is 19.4 Å². The Hall–Kier alpha value is -2.11. The number of rotatable bonds is 3. The standard InChI is InChI=1S/C12H14N2O4/c15-11(16)10-3-5-14(7-10)12(17)18-8-9-2-1-4-13-6-9/h1-2,4,6,10H,3,5,7-8H2,(H,15,16). The Kier molecular flexibility index (Phi) is 3.76. The van der Waals surface area contributed by atoms with Crippen molar-refractivity contribution in [3.63, 3.8) is 0 Å². The predicted molar refractivity (Wildman–Crippen MR) is 61.7 cm³/mol. The van der Waals surface area contributed by atoms with E-state index >= 15 is 0 Å². The molecule has 96 valence electrons. The summed E-state index contributed by atoms with van der Waals surface area (Å²) in [5.74, 6) is -1.34. The third kappa shape index (κ3) is 2.97. The minimum atomic E-state index is -0.863. The minimum Gasteiger partial charge on any atom is -0.481 e. The fourth-order valence-corrected chi connectivity index (χ4v) is 1.85. The molecule has 2 rings (SSSR count). The summed E-state index contributed by atoms with van der Waals surface area (Å²) in [6.45, 7) is 0.810. The lowest BCUT2D eigenvalue weighted by atomic mass is 10.1. The number of carboxylic acids is 1. The van der Waals surface area contributed by atoms with Gasteiger partial charge in [-0.1, -0.05) is 6.07 Å². The van der Waals surface area contributed by atoms with E-state index in [1.54, 1.807) is 18.5 Å². The van der Waals surface area contributed by atoms with Crippen molar-refractivity contribution in [3.8, 4) is 0 Å². The molecule has 1 aliphatic rings. The van der Waals surface area contributed by atoms with Crippen LogP contribution in [0.15, 0.2) is 24.5 Å². The Morgan fingerprint density at radius 1 is 1.56 bits per heavy atom. The van der Waals surface area contributed by atoms with Crippen LogP contribution < -0.4 is 0 Å². The van der Waals surface area contributed by atoms with Crippen molar-refractivity contribution >= 4 is 12.1 Å². The van der Waals surface area contributed by atoms with E-state index in [4.69, 9.17) is 9.84 Å². The molecule has 6 nitrogen and oxygen atoms in total. The van der Waals surface area contributed by atoms with Crippen LogP contribution in [0.25, 0.3) is 0 Å². The van der Waals surface area contributed by atoms with E-state index in [0.717, 1.165) is 5.56 Å². The summed E-state index contributed by atoms with van der Waals surface area (Å²) in [4.78, 5) is 27.8. The van der Waals surface area contributed by atoms with E-state index in [9.17, 15) is 9.59 Å². The largest absolute Gasteiger partial charge is 0.481 e. The molecule has 0 bridgehead atoms. The number of amides is 1. The highest BCUT2D eigenvalue weighted by Gasteiger charge is 2.31. The summed E-state index contributed by atoms with van der Waals surface area (Å²) < 4.78 is 5.09. The number of carboxylic acid groups (broad SMARTS) is 1. The van der Waals surface area contributed by atoms with E-state index in [0.29, 0.717) is 13.0 Å². The lowest BCUT2D eigenvalue weighted by Crippen LogP contribution is -2.30. The van der Waals surface area contributed by atoms with E-state index in [2.05, 4.69) is 4.98 Å². The maximum Gasteiger partial charge on any atom is 0.410 e. The van der Waals surface area contributed by atoms with Crippen LogP contribution in [-0.4, -0.2) is 40.1 Å². The molecule has 1 aromatic rings. The molecule has 1 amide bonds. The SMILES string of the molecule is O=C(O)C1CCN(C(=O)OCc2cccnc2)C1. The molecular weight excluding hydrogens is 236 g/mol. The van der Waals surface area contributed by atoms with Gasteiger partial charge in [0.05, 0.1) is 5.92 Å². The van der Waals surface area contributed by atoms with Gasteiger partial charge in [-0.2, -0.15) is 0 Å². The van der Waals surface area contributed by atoms with Crippen LogP contribution in [0.4, 0.5) is 4.79 Å². The zero-order chi connectivity index (χ0) is 13.0. The zero-order valence-corrected chi connectivity index (χ0v) is 9.78. The molecule has 1 aromatic heterocycles. The van der Waals surface area contributed by atoms with E-state index in [-0.39, 0.29) is 13.2 Å². The van der Waals surface area contributed by atoms with Crippen LogP contribution in [0, 0.1) is 5.92 Å². The molecule has 6 heteroatoms. The maximum atomic E-state index is 11.7. The molecule has 0 radical (unpaired) electrons. The minimum absolute atomic E-state index is 0.154. The van der Waals surface area contributed by atoms with E-state index in [1.165, 1.54) is 4.90 Å². The first-order chi connectivity index (χ1) is 8.66. The second-order valence-corrected chi connectivity index (χ2v) is 4.19. The molecule has 1 atom stereocenters. The number of likely N-dealkylation sites (tertiary alicyclic amines) is 1. The first kappa shape index (κ1) is 12.3. The Bertz CT molecular complexity index is 435. The number of carbonyl (C=O) groups is 2. The van der Waals surface area contributed by atoms with Crippen molar-refractivity contribution in [1.29, 1.82) is 0 Å². The molecule has 1 saturated heterocycles. The number of carbonyl (C=O) groups excluding carboxylic acids is 1. The highest BCUT2D eigenvalue weighted by Crippen LogP contribution is 2.17. The second kappa shape index (κ2) is 5.48. The van der Waals surface area contributed by atoms with Gasteiger partial charge in [-0.05, 0) is 12.5 Å². The van der Waals surface area contributed by atoms with Crippen molar-refractivity contribution in [1.82, 2.24) is 9.88 Å². The molecule has 1 unspecified atom stereocenters. The third-order valence-electron chi connectivity index (χ3n) is 2.88. The van der Waals surface area contributed by atoms with Gasteiger partial charge < -0.3 is 14.7 Å². The number of hydrogen-bond acceptors (Lipinski definition) is 4. The van der Waals surface area contributed by atoms with Gasteiger partial charge in [0.1, 0.15) is 6.61 Å². The molecule has 1 fully saturated rings. The quantitative estimate of drug-likeness (QED) is 0.869. The van der Waals surface area contributed by atoms with E-state index < -0.39 is 18.0 Å². The van der Waals surface area contributed by atoms with Gasteiger partial charge in [0.25, 0.3) is 0 Å². The van der Waals surface area contributed by atoms with Crippen molar-refractivity contribution in [2.75, 3.05) is 13.1 Å². The Morgan fingerprint density at radius 2 is 2.39 bits per heavy atom. The van der Waals surface area contributed by atoms with Crippen LogP contribution in [0.1, 0.15) is 12.0 Å². The van der Waals surface area contributed by atoms with Gasteiger partial charge in [0, 0.05) is 31.0 Å². The van der Waals surface area contributed by atoms with Crippen LogP contribution >= 0.6 is 0 Å². The molecule has 1 aliphatic heterocycles. The highest BCUT2D eigenvalue weighted by atomic mass is 16.6. The lowest BCUT2D eigenvalue weighted by molar-refractivity contribution is -0.141. The van der Waals surface area contributed by atoms with Crippen molar-refractivity contribution in [2.24, 2.45) is 5.92 Å². The lowest BCUT2D eigenvalue weighted by Gasteiger charge is -2.15. The number of aromatic nitrogens is 1. The van der Waals surface area contributed by atoms with Crippen molar-refractivity contribution in [2.45, 2.75) is 13.0 Å². The molecule has 18 heavy (non-hydrogen) atoms. The molecule has 2 heterocycles. The summed E-state index contributed by atoms with van der Waals surface area (Å²) >= 11 is 0. The van der Waals surface area contributed by atoms with Gasteiger partial charge >= 0.3 is 12.1 Å². The van der Waals surface area contributed by atoms with Gasteiger partial charge in [0.15, 0.2) is 0 Å². The van der Waals surface area contributed by atoms with Crippen LogP contribution in [0.5, 0.6) is 0 Å². The van der Waals surface area contributed by atoms with Crippen molar-refractivity contribution in [3.05, 3.63) is 30.1 Å². The van der Waals surface area contributed by atoms with Gasteiger partial charge in [-0.3, -0.25) is 9.78 Å². The second-order valence-electron chi connectivity index (χ2n) is 4.19. The Balaban J connectivity index is 1.81. The fraction of sp³-hybridized carbons (Fsp3) is 0.417. The summed E-state index contributed by atoms with van der Waals surface area (Å²) in [5.41, 5.74) is 0.805. The first-order valence-electron chi connectivity index (χ1n) is 5.70. The van der Waals surface area contributed by atoms with Gasteiger partial charge in [-0.15, -0.1) is 0 Å². The fourth-order valence-electron chi connectivity index (χ4n) is 1.85. The number of pyridine rings is 1. The summed E-state index contributed by atoms with van der Waals surface area (Å²) in [5, 5.41) is 8.83. The summed E-state index contributed by atoms with van der Waals surface area (Å²) in [6, 6.07) is 3.57. The van der Waals surface area contributed by atoms with Gasteiger partial charge in [0.2, 0.25) is 0 Å². The molecule has 0 saturated carbocycles. The zero-order valence-electron chi connectivity index (χ0n) is 9.78. The first-order valence-corrected chi connectivity index (χ1v) is 5.70. The van der Waals surface area contributed by atoms with Crippen LogP contribution in [-0.2, 0) is 16.1 Å². The Morgan fingerprint density at radius 3 is 3.00 bits per heavy atom. The normalized spacial score (nSPS) is 18.7. The monoisotopic (exact) mass is 250 g/mol. The number of aliphatic carboxylic acids is 1. The van der Waals surface area contributed by atoms with Crippen LogP contribution in [0.3, 0.4) is 0 Å². The molecule has 1 N–H and O–H groups in total. The van der Waals surface area contributed by atoms with E-state index in [1.807, 2.05) is 6.07 Å².